The summed E-state index contributed by atoms with van der Waals surface area (Å²) in [5.74, 6) is -0.587. The van der Waals surface area contributed by atoms with Gasteiger partial charge in [0, 0.05) is 26.6 Å². The lowest BCUT2D eigenvalue weighted by molar-refractivity contribution is -0.137. The lowest BCUT2D eigenvalue weighted by atomic mass is 10.0. The molecule has 0 fully saturated rings. The van der Waals surface area contributed by atoms with Crippen molar-refractivity contribution in [3.05, 3.63) is 53.7 Å². The molecular formula is C21H24N2O4S2. The topological polar surface area (TPSA) is 88.4 Å². The summed E-state index contributed by atoms with van der Waals surface area (Å²) in [7, 11) is -3.42. The number of carbonyl (C=O) groups is 1. The molecule has 0 atom stereocenters. The molecule has 0 saturated carbocycles. The standard InChI is InChI=1S/C21H24N2O4S2/c1-13(2)16-7-5-6-8-19(16)28-21-14(3)23(12-20(24)25)18-10-9-15(11-17(18)21)22-29(4,26)27/h5-11,13,22H,12H2,1-4H3,(H,24,25). The van der Waals surface area contributed by atoms with Crippen LogP contribution in [0.5, 0.6) is 0 Å². The molecular weight excluding hydrogens is 408 g/mol. The number of sulfonamides is 1. The van der Waals surface area contributed by atoms with Crippen LogP contribution in [0.4, 0.5) is 5.69 Å². The van der Waals surface area contributed by atoms with Gasteiger partial charge in [0.05, 0.1) is 11.8 Å². The molecule has 154 valence electrons. The number of hydrogen-bond donors (Lipinski definition) is 2. The van der Waals surface area contributed by atoms with E-state index in [1.165, 1.54) is 5.56 Å². The van der Waals surface area contributed by atoms with Gasteiger partial charge in [0.15, 0.2) is 0 Å². The third-order valence-electron chi connectivity index (χ3n) is 4.62. The van der Waals surface area contributed by atoms with Gasteiger partial charge in [-0.2, -0.15) is 0 Å². The summed E-state index contributed by atoms with van der Waals surface area (Å²) in [4.78, 5) is 13.4. The molecule has 0 aliphatic carbocycles. The minimum absolute atomic E-state index is 0.159. The highest BCUT2D eigenvalue weighted by Gasteiger charge is 2.19. The van der Waals surface area contributed by atoms with E-state index in [1.54, 1.807) is 34.5 Å². The Morgan fingerprint density at radius 2 is 1.90 bits per heavy atom. The largest absolute Gasteiger partial charge is 0.480 e. The van der Waals surface area contributed by atoms with Crippen LogP contribution in [0.1, 0.15) is 31.0 Å². The molecule has 2 aromatic carbocycles. The maximum atomic E-state index is 11.7. The van der Waals surface area contributed by atoms with Crippen LogP contribution in [0.2, 0.25) is 0 Å². The summed E-state index contributed by atoms with van der Waals surface area (Å²) in [6.45, 7) is 6.00. The van der Waals surface area contributed by atoms with Crippen LogP contribution >= 0.6 is 11.8 Å². The van der Waals surface area contributed by atoms with Crippen molar-refractivity contribution in [1.82, 2.24) is 4.57 Å². The lowest BCUT2D eigenvalue weighted by Gasteiger charge is -2.12. The first-order valence-electron chi connectivity index (χ1n) is 9.16. The Kier molecular flexibility index (Phi) is 5.95. The number of rotatable bonds is 7. The Hall–Kier alpha value is -2.45. The van der Waals surface area contributed by atoms with E-state index >= 15 is 0 Å². The Morgan fingerprint density at radius 3 is 2.52 bits per heavy atom. The van der Waals surface area contributed by atoms with E-state index in [0.29, 0.717) is 11.6 Å². The number of nitrogens with one attached hydrogen (secondary N) is 1. The summed E-state index contributed by atoms with van der Waals surface area (Å²) in [6.07, 6.45) is 1.10. The highest BCUT2D eigenvalue weighted by molar-refractivity contribution is 7.99. The molecule has 8 heteroatoms. The number of hydrogen-bond acceptors (Lipinski definition) is 4. The zero-order valence-corrected chi connectivity index (χ0v) is 18.4. The van der Waals surface area contributed by atoms with E-state index in [4.69, 9.17) is 0 Å². The second kappa shape index (κ2) is 8.12. The van der Waals surface area contributed by atoms with E-state index in [2.05, 4.69) is 30.7 Å². The predicted molar refractivity (Wildman–Crippen MR) is 117 cm³/mol. The zero-order valence-electron chi connectivity index (χ0n) is 16.8. The van der Waals surface area contributed by atoms with Crippen LogP contribution < -0.4 is 4.72 Å². The van der Waals surface area contributed by atoms with Crippen LogP contribution in [0.25, 0.3) is 10.9 Å². The molecule has 3 aromatic rings. The van der Waals surface area contributed by atoms with Crippen molar-refractivity contribution in [2.45, 2.75) is 43.0 Å². The van der Waals surface area contributed by atoms with Gasteiger partial charge in [0.1, 0.15) is 6.54 Å². The molecule has 0 aliphatic rings. The molecule has 0 radical (unpaired) electrons. The molecule has 2 N–H and O–H groups in total. The minimum atomic E-state index is -3.42. The number of aliphatic carboxylic acids is 1. The molecule has 0 aliphatic heterocycles. The van der Waals surface area contributed by atoms with Crippen LogP contribution in [-0.4, -0.2) is 30.3 Å². The fourth-order valence-electron chi connectivity index (χ4n) is 3.36. The summed E-state index contributed by atoms with van der Waals surface area (Å²) in [5.41, 5.74) is 3.25. The van der Waals surface area contributed by atoms with Crippen molar-refractivity contribution in [3.63, 3.8) is 0 Å². The molecule has 6 nitrogen and oxygen atoms in total. The maximum absolute atomic E-state index is 11.7. The number of carboxylic acid groups (broad SMARTS) is 1. The van der Waals surface area contributed by atoms with Crippen LogP contribution in [0.3, 0.4) is 0 Å². The molecule has 0 amide bonds. The third kappa shape index (κ3) is 4.76. The lowest BCUT2D eigenvalue weighted by Crippen LogP contribution is -2.10. The van der Waals surface area contributed by atoms with Crippen LogP contribution in [-0.2, 0) is 21.4 Å². The second-order valence-electron chi connectivity index (χ2n) is 7.30. The van der Waals surface area contributed by atoms with Gasteiger partial charge in [-0.3, -0.25) is 9.52 Å². The van der Waals surface area contributed by atoms with E-state index in [-0.39, 0.29) is 6.54 Å². The zero-order chi connectivity index (χ0) is 21.3. The molecule has 29 heavy (non-hydrogen) atoms. The van der Waals surface area contributed by atoms with Gasteiger partial charge in [0.25, 0.3) is 0 Å². The Labute approximate surface area is 175 Å². The van der Waals surface area contributed by atoms with Crippen molar-refractivity contribution in [3.8, 4) is 0 Å². The van der Waals surface area contributed by atoms with Crippen molar-refractivity contribution < 1.29 is 18.3 Å². The van der Waals surface area contributed by atoms with Crippen molar-refractivity contribution >= 4 is 44.3 Å². The summed E-state index contributed by atoms with van der Waals surface area (Å²) < 4.78 is 27.6. The van der Waals surface area contributed by atoms with E-state index in [9.17, 15) is 18.3 Å². The molecule has 0 bridgehead atoms. The van der Waals surface area contributed by atoms with E-state index in [1.807, 2.05) is 19.1 Å². The Bertz CT molecular complexity index is 1180. The monoisotopic (exact) mass is 432 g/mol. The summed E-state index contributed by atoms with van der Waals surface area (Å²) in [6, 6.07) is 13.3. The average molecular weight is 433 g/mol. The predicted octanol–water partition coefficient (Wildman–Crippen LogP) is 4.68. The minimum Gasteiger partial charge on any atom is -0.480 e. The smallest absolute Gasteiger partial charge is 0.323 e. The van der Waals surface area contributed by atoms with Crippen LogP contribution in [0.15, 0.2) is 52.3 Å². The van der Waals surface area contributed by atoms with E-state index in [0.717, 1.165) is 32.6 Å². The fraction of sp³-hybridized carbons (Fsp3) is 0.286. The molecule has 3 rings (SSSR count). The quantitative estimate of drug-likeness (QED) is 0.566. The highest BCUT2D eigenvalue weighted by Crippen LogP contribution is 2.41. The van der Waals surface area contributed by atoms with Gasteiger partial charge in [-0.25, -0.2) is 8.42 Å². The van der Waals surface area contributed by atoms with Gasteiger partial charge in [-0.15, -0.1) is 0 Å². The fourth-order valence-corrected chi connectivity index (χ4v) is 5.23. The maximum Gasteiger partial charge on any atom is 0.323 e. The number of nitrogens with zero attached hydrogens (tertiary/aromatic N) is 1. The Morgan fingerprint density at radius 1 is 1.21 bits per heavy atom. The highest BCUT2D eigenvalue weighted by atomic mass is 32.2. The molecule has 0 saturated heterocycles. The Balaban J connectivity index is 2.20. The molecule has 1 aromatic heterocycles. The number of aromatic nitrogens is 1. The van der Waals surface area contributed by atoms with Gasteiger partial charge < -0.3 is 9.67 Å². The first-order valence-corrected chi connectivity index (χ1v) is 11.9. The van der Waals surface area contributed by atoms with Crippen molar-refractivity contribution in [2.24, 2.45) is 0 Å². The first kappa shape index (κ1) is 21.3. The first-order chi connectivity index (χ1) is 13.6. The SMILES string of the molecule is Cc1c(Sc2ccccc2C(C)C)c2cc(NS(C)(=O)=O)ccc2n1CC(=O)O. The average Bonchev–Trinajstić information content (AvgIpc) is 2.85. The number of anilines is 1. The molecule has 0 spiro atoms. The summed E-state index contributed by atoms with van der Waals surface area (Å²) in [5, 5.41) is 10.2. The van der Waals surface area contributed by atoms with Crippen molar-refractivity contribution in [2.75, 3.05) is 11.0 Å². The van der Waals surface area contributed by atoms with Gasteiger partial charge in [0.2, 0.25) is 10.0 Å². The number of fused-ring (bicyclic) bond motifs is 1. The van der Waals surface area contributed by atoms with E-state index < -0.39 is 16.0 Å². The van der Waals surface area contributed by atoms with Crippen LogP contribution in [0, 0.1) is 6.92 Å². The van der Waals surface area contributed by atoms with Gasteiger partial charge in [-0.05, 0) is 42.7 Å². The number of carboxylic acids is 1. The van der Waals surface area contributed by atoms with Crippen molar-refractivity contribution in [1.29, 1.82) is 0 Å². The normalized spacial score (nSPS) is 11.9. The molecule has 0 unspecified atom stereocenters. The third-order valence-corrected chi connectivity index (χ3v) is 6.53. The van der Waals surface area contributed by atoms with Gasteiger partial charge in [-0.1, -0.05) is 43.8 Å². The van der Waals surface area contributed by atoms with Gasteiger partial charge >= 0.3 is 5.97 Å². The number of benzene rings is 2. The summed E-state index contributed by atoms with van der Waals surface area (Å²) >= 11 is 1.58. The molecule has 1 heterocycles. The second-order valence-corrected chi connectivity index (χ2v) is 10.1.